The minimum atomic E-state index is -0.716. The molecule has 1 atom stereocenters. The molecule has 0 aliphatic carbocycles. The highest BCUT2D eigenvalue weighted by molar-refractivity contribution is 6.46. The lowest BCUT2D eigenvalue weighted by molar-refractivity contribution is -0.140. The predicted octanol–water partition coefficient (Wildman–Crippen LogP) is 2.15. The van der Waals surface area contributed by atoms with Crippen LogP contribution in [0.1, 0.15) is 17.2 Å². The van der Waals surface area contributed by atoms with Gasteiger partial charge in [-0.05, 0) is 17.7 Å². The van der Waals surface area contributed by atoms with Gasteiger partial charge in [0.15, 0.2) is 0 Å². The molecule has 0 bridgehead atoms. The van der Waals surface area contributed by atoms with Crippen LogP contribution >= 0.6 is 0 Å². The van der Waals surface area contributed by atoms with Gasteiger partial charge in [-0.2, -0.15) is 0 Å². The number of phenols is 1. The second-order valence-electron chi connectivity index (χ2n) is 7.40. The van der Waals surface area contributed by atoms with Crippen molar-refractivity contribution < 1.29 is 24.5 Å². The zero-order chi connectivity index (χ0) is 21.1. The van der Waals surface area contributed by atoms with Crippen molar-refractivity contribution in [3.05, 3.63) is 71.3 Å². The lowest BCUT2D eigenvalue weighted by atomic mass is 9.95. The van der Waals surface area contributed by atoms with Gasteiger partial charge in [-0.15, -0.1) is 0 Å². The number of aliphatic hydroxyl groups excluding tert-OH is 1. The first kappa shape index (κ1) is 20.1. The Morgan fingerprint density at radius 1 is 0.967 bits per heavy atom. The fourth-order valence-corrected chi connectivity index (χ4v) is 3.94. The molecule has 4 rings (SSSR count). The lowest BCUT2D eigenvalue weighted by Crippen LogP contribution is -2.42. The summed E-state index contributed by atoms with van der Waals surface area (Å²) in [6.07, 6.45) is 0. The van der Waals surface area contributed by atoms with Gasteiger partial charge < -0.3 is 19.8 Å². The molecule has 2 N–H and O–H groups in total. The van der Waals surface area contributed by atoms with E-state index in [-0.39, 0.29) is 17.1 Å². The zero-order valence-electron chi connectivity index (χ0n) is 16.5. The minimum Gasteiger partial charge on any atom is -0.508 e. The number of carbonyl (C=O) groups is 2. The lowest BCUT2D eigenvalue weighted by Gasteiger charge is -2.31. The maximum atomic E-state index is 12.9. The fourth-order valence-electron chi connectivity index (χ4n) is 3.94. The summed E-state index contributed by atoms with van der Waals surface area (Å²) in [5, 5.41) is 20.6. The van der Waals surface area contributed by atoms with E-state index in [9.17, 15) is 19.8 Å². The quantitative estimate of drug-likeness (QED) is 0.448. The van der Waals surface area contributed by atoms with Crippen molar-refractivity contribution in [2.45, 2.75) is 6.04 Å². The van der Waals surface area contributed by atoms with E-state index in [1.54, 1.807) is 36.4 Å². The van der Waals surface area contributed by atoms with E-state index in [1.165, 1.54) is 17.0 Å². The highest BCUT2D eigenvalue weighted by Gasteiger charge is 2.46. The third-order valence-corrected chi connectivity index (χ3v) is 5.56. The van der Waals surface area contributed by atoms with Gasteiger partial charge in [-0.3, -0.25) is 14.5 Å². The number of morpholine rings is 1. The van der Waals surface area contributed by atoms with Crippen LogP contribution < -0.4 is 0 Å². The number of hydrogen-bond acceptors (Lipinski definition) is 6. The predicted molar refractivity (Wildman–Crippen MR) is 111 cm³/mol. The van der Waals surface area contributed by atoms with Crippen molar-refractivity contribution in [1.82, 2.24) is 9.80 Å². The van der Waals surface area contributed by atoms with E-state index < -0.39 is 17.7 Å². The van der Waals surface area contributed by atoms with Crippen LogP contribution in [0, 0.1) is 0 Å². The molecule has 30 heavy (non-hydrogen) atoms. The Bertz CT molecular complexity index is 949. The fraction of sp³-hybridized carbons (Fsp3) is 0.304. The van der Waals surface area contributed by atoms with Crippen LogP contribution in [0.25, 0.3) is 5.76 Å². The summed E-state index contributed by atoms with van der Waals surface area (Å²) in [6, 6.07) is 14.4. The van der Waals surface area contributed by atoms with Gasteiger partial charge in [-0.1, -0.05) is 42.5 Å². The van der Waals surface area contributed by atoms with Crippen molar-refractivity contribution in [1.29, 1.82) is 0 Å². The van der Waals surface area contributed by atoms with Crippen molar-refractivity contribution in [2.75, 3.05) is 39.4 Å². The molecule has 2 aromatic rings. The van der Waals surface area contributed by atoms with E-state index in [2.05, 4.69) is 4.90 Å². The molecule has 0 spiro atoms. The van der Waals surface area contributed by atoms with Gasteiger partial charge in [-0.25, -0.2) is 0 Å². The van der Waals surface area contributed by atoms with Crippen LogP contribution in [-0.4, -0.2) is 71.1 Å². The highest BCUT2D eigenvalue weighted by Crippen LogP contribution is 2.39. The average molecular weight is 408 g/mol. The Balaban J connectivity index is 1.72. The summed E-state index contributed by atoms with van der Waals surface area (Å²) < 4.78 is 5.37. The molecule has 2 fully saturated rings. The molecule has 1 unspecified atom stereocenters. The number of aliphatic hydroxyl groups is 1. The molecule has 0 aromatic heterocycles. The van der Waals surface area contributed by atoms with Gasteiger partial charge in [0.05, 0.1) is 24.8 Å². The Morgan fingerprint density at radius 2 is 1.63 bits per heavy atom. The molecule has 2 aliphatic rings. The Morgan fingerprint density at radius 3 is 2.30 bits per heavy atom. The van der Waals surface area contributed by atoms with Crippen molar-refractivity contribution >= 4 is 17.4 Å². The number of carbonyl (C=O) groups excluding carboxylic acids is 2. The second kappa shape index (κ2) is 8.69. The summed E-state index contributed by atoms with van der Waals surface area (Å²) in [6.45, 7) is 3.80. The third-order valence-electron chi connectivity index (χ3n) is 5.56. The maximum Gasteiger partial charge on any atom is 0.295 e. The minimum absolute atomic E-state index is 0.0684. The number of ether oxygens (including phenoxy) is 1. The van der Waals surface area contributed by atoms with E-state index in [1.807, 2.05) is 6.07 Å². The van der Waals surface area contributed by atoms with E-state index in [4.69, 9.17) is 4.74 Å². The highest BCUT2D eigenvalue weighted by atomic mass is 16.5. The van der Waals surface area contributed by atoms with Gasteiger partial charge in [0, 0.05) is 31.7 Å². The first-order chi connectivity index (χ1) is 14.6. The summed E-state index contributed by atoms with van der Waals surface area (Å²) in [5.41, 5.74) is 1.21. The van der Waals surface area contributed by atoms with E-state index in [0.717, 1.165) is 13.1 Å². The largest absolute Gasteiger partial charge is 0.508 e. The topological polar surface area (TPSA) is 90.3 Å². The molecule has 2 aliphatic heterocycles. The molecular formula is C23H24N2O5. The second-order valence-corrected chi connectivity index (χ2v) is 7.40. The van der Waals surface area contributed by atoms with Gasteiger partial charge in [0.25, 0.3) is 11.7 Å². The maximum absolute atomic E-state index is 12.9. The summed E-state index contributed by atoms with van der Waals surface area (Å²) in [5.74, 6) is -1.43. The zero-order valence-corrected chi connectivity index (χ0v) is 16.5. The Hall–Kier alpha value is -3.16. The molecule has 7 nitrogen and oxygen atoms in total. The number of nitrogens with zero attached hydrogens (tertiary/aromatic N) is 2. The molecule has 2 heterocycles. The smallest absolute Gasteiger partial charge is 0.295 e. The van der Waals surface area contributed by atoms with E-state index in [0.29, 0.717) is 37.4 Å². The van der Waals surface area contributed by atoms with Gasteiger partial charge in [0.1, 0.15) is 11.5 Å². The third kappa shape index (κ3) is 3.94. The molecule has 2 aromatic carbocycles. The van der Waals surface area contributed by atoms with Crippen molar-refractivity contribution in [3.63, 3.8) is 0 Å². The number of hydrogen-bond donors (Lipinski definition) is 2. The number of aromatic hydroxyl groups is 1. The van der Waals surface area contributed by atoms with Crippen molar-refractivity contribution in [2.24, 2.45) is 0 Å². The van der Waals surface area contributed by atoms with Crippen LogP contribution in [0.15, 0.2) is 60.2 Å². The van der Waals surface area contributed by atoms with Gasteiger partial charge >= 0.3 is 0 Å². The number of amides is 1. The number of ketones is 1. The monoisotopic (exact) mass is 408 g/mol. The average Bonchev–Trinajstić information content (AvgIpc) is 3.04. The van der Waals surface area contributed by atoms with Crippen LogP contribution in [0.3, 0.4) is 0 Å². The molecule has 0 radical (unpaired) electrons. The molecule has 2 saturated heterocycles. The first-order valence-electron chi connectivity index (χ1n) is 9.99. The Labute approximate surface area is 174 Å². The molecule has 156 valence electrons. The first-order valence-corrected chi connectivity index (χ1v) is 9.99. The molecular weight excluding hydrogens is 384 g/mol. The molecule has 1 amide bonds. The summed E-state index contributed by atoms with van der Waals surface area (Å²) in [4.78, 5) is 29.6. The number of rotatable bonds is 5. The van der Waals surface area contributed by atoms with E-state index >= 15 is 0 Å². The van der Waals surface area contributed by atoms with Gasteiger partial charge in [0.2, 0.25) is 0 Å². The van der Waals surface area contributed by atoms with Crippen LogP contribution in [0.4, 0.5) is 0 Å². The van der Waals surface area contributed by atoms with Crippen molar-refractivity contribution in [3.8, 4) is 5.75 Å². The summed E-state index contributed by atoms with van der Waals surface area (Å²) in [7, 11) is 0. The normalized spacial score (nSPS) is 21.9. The van der Waals surface area contributed by atoms with Crippen LogP contribution in [0.2, 0.25) is 0 Å². The summed E-state index contributed by atoms with van der Waals surface area (Å²) >= 11 is 0. The standard InChI is InChI=1S/C23H24N2O5/c26-18-8-6-16(7-9-18)20-19(21(27)17-4-2-1-3-5-17)22(28)23(29)25(20)11-10-24-12-14-30-15-13-24/h1-9,20,26-27H,10-15H2/b21-19-. The van der Waals surface area contributed by atoms with Crippen LogP contribution in [0.5, 0.6) is 5.75 Å². The Kier molecular flexibility index (Phi) is 5.83. The number of Topliss-reactive ketones (excluding diaryl/α,β-unsaturated/α-hetero) is 1. The molecule has 0 saturated carbocycles. The molecule has 7 heteroatoms. The number of likely N-dealkylation sites (tertiary alicyclic amines) is 1. The SMILES string of the molecule is O=C1C(=O)N(CCN2CCOCC2)C(c2ccc(O)cc2)/C1=C(/O)c1ccccc1. The van der Waals surface area contributed by atoms with Crippen LogP contribution in [-0.2, 0) is 14.3 Å². The number of phenolic OH excluding ortho intramolecular Hbond substituents is 1. The number of benzene rings is 2.